The van der Waals surface area contributed by atoms with E-state index in [-0.39, 0.29) is 30.1 Å². The van der Waals surface area contributed by atoms with Gasteiger partial charge in [0, 0.05) is 36.0 Å². The highest BCUT2D eigenvalue weighted by Gasteiger charge is 2.31. The maximum Gasteiger partial charge on any atom is 0.389 e. The zero-order chi connectivity index (χ0) is 21.6. The fourth-order valence-corrected chi connectivity index (χ4v) is 4.51. The van der Waals surface area contributed by atoms with E-state index in [0.29, 0.717) is 16.8 Å². The van der Waals surface area contributed by atoms with Crippen LogP contribution in [-0.4, -0.2) is 20.8 Å². The molecule has 1 aliphatic rings. The van der Waals surface area contributed by atoms with Gasteiger partial charge in [-0.15, -0.1) is 11.3 Å². The van der Waals surface area contributed by atoms with Crippen molar-refractivity contribution in [1.82, 2.24) is 20.0 Å². The molecular formula is C19H27F3N4O2S. The number of nitrogens with one attached hydrogen (secondary N) is 2. The van der Waals surface area contributed by atoms with Crippen molar-refractivity contribution in [3.8, 4) is 0 Å². The second-order valence-electron chi connectivity index (χ2n) is 8.62. The van der Waals surface area contributed by atoms with Crippen molar-refractivity contribution in [2.45, 2.75) is 84.2 Å². The number of fused-ring (bicyclic) bond motifs is 1. The predicted molar refractivity (Wildman–Crippen MR) is 108 cm³/mol. The van der Waals surface area contributed by atoms with E-state index in [4.69, 9.17) is 0 Å². The Hall–Kier alpha value is -1.65. The molecule has 0 amide bonds. The smallest absolute Gasteiger partial charge is 0.284 e. The lowest BCUT2D eigenvalue weighted by molar-refractivity contribution is -0.135. The average Bonchev–Trinajstić information content (AvgIpc) is 3.33. The topological polar surface area (TPSA) is 68.1 Å². The number of aromatic nitrogens is 2. The highest BCUT2D eigenvalue weighted by molar-refractivity contribution is 7.18. The van der Waals surface area contributed by atoms with Crippen LogP contribution in [0.4, 0.5) is 13.2 Å². The van der Waals surface area contributed by atoms with Crippen LogP contribution in [0, 0.1) is 6.92 Å². The molecule has 2 aromatic heterocycles. The first-order chi connectivity index (χ1) is 13.4. The van der Waals surface area contributed by atoms with Gasteiger partial charge >= 0.3 is 11.9 Å². The van der Waals surface area contributed by atoms with E-state index in [1.807, 2.05) is 27.7 Å². The van der Waals surface area contributed by atoms with Crippen LogP contribution in [0.2, 0.25) is 0 Å². The molecule has 10 heteroatoms. The molecule has 0 aromatic carbocycles. The second-order valence-corrected chi connectivity index (χ2v) is 9.70. The van der Waals surface area contributed by atoms with Crippen molar-refractivity contribution in [3.05, 3.63) is 31.3 Å². The summed E-state index contributed by atoms with van der Waals surface area (Å²) >= 11 is 1.29. The molecule has 1 aliphatic carbocycles. The van der Waals surface area contributed by atoms with Crippen LogP contribution < -0.4 is 22.1 Å². The molecule has 2 aromatic rings. The second kappa shape index (κ2) is 7.88. The minimum Gasteiger partial charge on any atom is -0.284 e. The minimum absolute atomic E-state index is 0.0606. The predicted octanol–water partition coefficient (Wildman–Crippen LogP) is 3.60. The normalized spacial score (nSPS) is 15.4. The highest BCUT2D eigenvalue weighted by atomic mass is 32.1. The summed E-state index contributed by atoms with van der Waals surface area (Å²) in [5.41, 5.74) is 6.07. The van der Waals surface area contributed by atoms with Crippen LogP contribution >= 0.6 is 11.3 Å². The molecule has 2 N–H and O–H groups in total. The molecule has 0 bridgehead atoms. The number of halogens is 3. The molecular weight excluding hydrogens is 405 g/mol. The van der Waals surface area contributed by atoms with Crippen molar-refractivity contribution in [1.29, 1.82) is 0 Å². The molecule has 29 heavy (non-hydrogen) atoms. The number of hydrazine groups is 1. The van der Waals surface area contributed by atoms with Crippen LogP contribution in [0.5, 0.6) is 0 Å². The lowest BCUT2D eigenvalue weighted by Gasteiger charge is -2.20. The van der Waals surface area contributed by atoms with Gasteiger partial charge in [-0.1, -0.05) is 0 Å². The van der Waals surface area contributed by atoms with Crippen LogP contribution in [0.1, 0.15) is 62.9 Å². The van der Waals surface area contributed by atoms with E-state index >= 15 is 0 Å². The third-order valence-electron chi connectivity index (χ3n) is 4.81. The first-order valence-electron chi connectivity index (χ1n) is 9.73. The lowest BCUT2D eigenvalue weighted by Crippen LogP contribution is -2.45. The van der Waals surface area contributed by atoms with Gasteiger partial charge in [-0.2, -0.15) is 13.2 Å². The summed E-state index contributed by atoms with van der Waals surface area (Å²) in [6.45, 7) is 8.23. The van der Waals surface area contributed by atoms with Gasteiger partial charge in [-0.25, -0.2) is 4.79 Å². The molecule has 0 unspecified atom stereocenters. The largest absolute Gasteiger partial charge is 0.389 e. The first kappa shape index (κ1) is 22.0. The number of nitrogens with zero attached hydrogens (tertiary/aromatic N) is 2. The van der Waals surface area contributed by atoms with Gasteiger partial charge in [0.2, 0.25) is 0 Å². The molecule has 6 nitrogen and oxygen atoms in total. The first-order valence-corrected chi connectivity index (χ1v) is 10.5. The molecule has 1 fully saturated rings. The van der Waals surface area contributed by atoms with Crippen LogP contribution in [0.25, 0.3) is 10.2 Å². The third-order valence-corrected chi connectivity index (χ3v) is 6.12. The molecule has 0 atom stereocenters. The lowest BCUT2D eigenvalue weighted by atomic mass is 10.1. The van der Waals surface area contributed by atoms with E-state index < -0.39 is 18.3 Å². The molecule has 0 radical (unpaired) electrons. The van der Waals surface area contributed by atoms with E-state index in [2.05, 4.69) is 10.9 Å². The summed E-state index contributed by atoms with van der Waals surface area (Å²) in [5, 5.41) is 0.445. The fraction of sp³-hybridized carbons (Fsp3) is 0.684. The third kappa shape index (κ3) is 5.10. The molecule has 2 heterocycles. The Bertz CT molecular complexity index is 1010. The summed E-state index contributed by atoms with van der Waals surface area (Å²) in [6.07, 6.45) is -3.94. The summed E-state index contributed by atoms with van der Waals surface area (Å²) in [6, 6.07) is -0.142. The van der Waals surface area contributed by atoms with Gasteiger partial charge in [-0.05, 0) is 52.5 Å². The minimum atomic E-state index is -4.27. The van der Waals surface area contributed by atoms with E-state index in [9.17, 15) is 22.8 Å². The van der Waals surface area contributed by atoms with Crippen molar-refractivity contribution in [2.75, 3.05) is 0 Å². The van der Waals surface area contributed by atoms with Gasteiger partial charge in [0.15, 0.2) is 0 Å². The number of alkyl halides is 3. The van der Waals surface area contributed by atoms with Crippen molar-refractivity contribution >= 4 is 21.6 Å². The zero-order valence-electron chi connectivity index (χ0n) is 17.1. The summed E-state index contributed by atoms with van der Waals surface area (Å²) < 4.78 is 40.4. The van der Waals surface area contributed by atoms with Crippen LogP contribution in [0.15, 0.2) is 9.59 Å². The molecule has 0 spiro atoms. The van der Waals surface area contributed by atoms with Gasteiger partial charge in [-0.3, -0.25) is 24.8 Å². The standard InChI is InChI=1S/C19H27F3N4O2S/c1-11-13(10-23-24-18(2,3)4)29-16-14(11)15(27)26(12-6-7-12)17(28)25(16)9-5-8-19(20,21)22/h12,23-24H,5-10H2,1-4H3. The van der Waals surface area contributed by atoms with Crippen molar-refractivity contribution in [2.24, 2.45) is 0 Å². The van der Waals surface area contributed by atoms with E-state index in [0.717, 1.165) is 23.3 Å². The SMILES string of the molecule is Cc1c(CNNC(C)(C)C)sc2c1c(=O)n(C1CC1)c(=O)n2CCCC(F)(F)F. The van der Waals surface area contributed by atoms with Gasteiger partial charge in [0.05, 0.1) is 5.39 Å². The molecule has 0 saturated heterocycles. The Morgan fingerprint density at radius 1 is 1.17 bits per heavy atom. The van der Waals surface area contributed by atoms with Crippen LogP contribution in [-0.2, 0) is 13.1 Å². The maximum absolute atomic E-state index is 13.0. The fourth-order valence-electron chi connectivity index (χ4n) is 3.26. The Labute approximate surface area is 170 Å². The number of rotatable bonds is 7. The monoisotopic (exact) mass is 432 g/mol. The molecule has 1 saturated carbocycles. The Balaban J connectivity index is 2.02. The molecule has 162 valence electrons. The molecule has 0 aliphatic heterocycles. The van der Waals surface area contributed by atoms with E-state index in [1.54, 1.807) is 0 Å². The number of hydrogen-bond acceptors (Lipinski definition) is 5. The summed E-state index contributed by atoms with van der Waals surface area (Å²) in [4.78, 5) is 27.3. The van der Waals surface area contributed by atoms with Gasteiger partial charge in [0.1, 0.15) is 4.83 Å². The van der Waals surface area contributed by atoms with Crippen LogP contribution in [0.3, 0.4) is 0 Å². The van der Waals surface area contributed by atoms with Gasteiger partial charge in [0.25, 0.3) is 5.56 Å². The summed E-state index contributed by atoms with van der Waals surface area (Å²) in [7, 11) is 0. The van der Waals surface area contributed by atoms with Crippen molar-refractivity contribution in [3.63, 3.8) is 0 Å². The molecule has 3 rings (SSSR count). The van der Waals surface area contributed by atoms with Gasteiger partial charge < -0.3 is 0 Å². The average molecular weight is 433 g/mol. The summed E-state index contributed by atoms with van der Waals surface area (Å²) in [5.74, 6) is 0. The number of hydrogen-bond donors (Lipinski definition) is 2. The Kier molecular flexibility index (Phi) is 5.99. The zero-order valence-corrected chi connectivity index (χ0v) is 17.9. The Morgan fingerprint density at radius 3 is 2.38 bits per heavy atom. The Morgan fingerprint density at radius 2 is 1.83 bits per heavy atom. The number of thiophene rings is 1. The highest BCUT2D eigenvalue weighted by Crippen LogP contribution is 2.34. The number of aryl methyl sites for hydroxylation is 2. The maximum atomic E-state index is 13.0. The quantitative estimate of drug-likeness (QED) is 0.656. The van der Waals surface area contributed by atoms with Crippen molar-refractivity contribution < 1.29 is 13.2 Å². The van der Waals surface area contributed by atoms with E-state index in [1.165, 1.54) is 20.5 Å².